The predicted molar refractivity (Wildman–Crippen MR) is 108 cm³/mol. The Morgan fingerprint density at radius 1 is 0.857 bits per heavy atom. The van der Waals surface area contributed by atoms with Gasteiger partial charge in [-0.3, -0.25) is 0 Å². The van der Waals surface area contributed by atoms with Crippen molar-refractivity contribution in [2.75, 3.05) is 0 Å². The Hall–Kier alpha value is -2.67. The third-order valence-corrected chi connectivity index (χ3v) is 6.47. The molecule has 5 nitrogen and oxygen atoms in total. The maximum atomic E-state index is 13.4. The lowest BCUT2D eigenvalue weighted by molar-refractivity contribution is 0.0696. The van der Waals surface area contributed by atoms with Crippen LogP contribution in [0.15, 0.2) is 83.8 Å². The second kappa shape index (κ2) is 8.56. The molecule has 0 fully saturated rings. The lowest BCUT2D eigenvalue weighted by atomic mass is 10.2. The molecule has 1 N–H and O–H groups in total. The highest BCUT2D eigenvalue weighted by Crippen LogP contribution is 2.28. The number of carboxylic acids is 1. The minimum atomic E-state index is -4.05. The summed E-state index contributed by atoms with van der Waals surface area (Å²) < 4.78 is 28.1. The summed E-state index contributed by atoms with van der Waals surface area (Å²) in [6.07, 6.45) is 0. The molecule has 0 aliphatic carbocycles. The number of rotatable bonds is 7. The molecule has 0 atom stereocenters. The second-order valence-corrected chi connectivity index (χ2v) is 8.51. The summed E-state index contributed by atoms with van der Waals surface area (Å²) in [6.45, 7) is 0.261. The predicted octanol–water partition coefficient (Wildman–Crippen LogP) is 4.43. The van der Waals surface area contributed by atoms with Crippen molar-refractivity contribution < 1.29 is 18.3 Å². The van der Waals surface area contributed by atoms with Crippen LogP contribution in [-0.4, -0.2) is 23.8 Å². The molecule has 0 heterocycles. The number of aromatic carboxylic acids is 1. The van der Waals surface area contributed by atoms with Gasteiger partial charge < -0.3 is 5.11 Å². The number of carboxylic acid groups (broad SMARTS) is 1. The fourth-order valence-corrected chi connectivity index (χ4v) is 4.69. The van der Waals surface area contributed by atoms with Crippen LogP contribution in [0, 0.1) is 0 Å². The van der Waals surface area contributed by atoms with Crippen LogP contribution in [0.25, 0.3) is 0 Å². The normalized spacial score (nSPS) is 11.5. The van der Waals surface area contributed by atoms with Gasteiger partial charge in [0.05, 0.1) is 10.6 Å². The molecule has 0 bridgehead atoms. The van der Waals surface area contributed by atoms with Crippen molar-refractivity contribution in [1.29, 1.82) is 0 Å². The Balaban J connectivity index is 2.05. The topological polar surface area (TPSA) is 74.7 Å². The van der Waals surface area contributed by atoms with Crippen molar-refractivity contribution in [3.05, 3.63) is 101 Å². The molecular weight excluding hydrogens is 398 g/mol. The van der Waals surface area contributed by atoms with Crippen molar-refractivity contribution in [3.63, 3.8) is 0 Å². The van der Waals surface area contributed by atoms with Gasteiger partial charge in [-0.1, -0.05) is 72.3 Å². The van der Waals surface area contributed by atoms with E-state index in [1.54, 1.807) is 0 Å². The zero-order valence-electron chi connectivity index (χ0n) is 14.8. The molecule has 3 rings (SSSR count). The van der Waals surface area contributed by atoms with Crippen molar-refractivity contribution >= 4 is 27.6 Å². The van der Waals surface area contributed by atoms with Gasteiger partial charge >= 0.3 is 5.97 Å². The smallest absolute Gasteiger partial charge is 0.335 e. The lowest BCUT2D eigenvalue weighted by Crippen LogP contribution is -2.30. The summed E-state index contributed by atoms with van der Waals surface area (Å²) in [5.41, 5.74) is 1.49. The molecule has 0 unspecified atom stereocenters. The van der Waals surface area contributed by atoms with Gasteiger partial charge in [0.2, 0.25) is 10.0 Å². The van der Waals surface area contributed by atoms with Crippen molar-refractivity contribution in [2.24, 2.45) is 0 Å². The van der Waals surface area contributed by atoms with Gasteiger partial charge in [0.15, 0.2) is 0 Å². The van der Waals surface area contributed by atoms with Crippen LogP contribution in [0.4, 0.5) is 0 Å². The van der Waals surface area contributed by atoms with Crippen LogP contribution in [0.5, 0.6) is 0 Å². The fraction of sp³-hybridized carbons (Fsp3) is 0.0952. The molecule has 0 saturated carbocycles. The van der Waals surface area contributed by atoms with Gasteiger partial charge in [-0.05, 0) is 29.3 Å². The second-order valence-electron chi connectivity index (χ2n) is 6.19. The number of nitrogens with zero attached hydrogens (tertiary/aromatic N) is 1. The summed E-state index contributed by atoms with van der Waals surface area (Å²) >= 11 is 6.14. The molecular formula is C21H18ClNO4S. The molecule has 28 heavy (non-hydrogen) atoms. The van der Waals surface area contributed by atoms with E-state index < -0.39 is 16.0 Å². The highest BCUT2D eigenvalue weighted by Gasteiger charge is 2.28. The van der Waals surface area contributed by atoms with E-state index in [2.05, 4.69) is 0 Å². The average molecular weight is 416 g/mol. The van der Waals surface area contributed by atoms with Gasteiger partial charge in [-0.2, -0.15) is 4.31 Å². The number of carbonyl (C=O) groups is 1. The Labute approximate surface area is 168 Å². The highest BCUT2D eigenvalue weighted by molar-refractivity contribution is 7.89. The Morgan fingerprint density at radius 3 is 1.82 bits per heavy atom. The van der Waals surface area contributed by atoms with Crippen LogP contribution in [0.1, 0.15) is 21.5 Å². The van der Waals surface area contributed by atoms with E-state index >= 15 is 0 Å². The third-order valence-electron chi connectivity index (χ3n) is 4.20. The number of benzene rings is 3. The summed E-state index contributed by atoms with van der Waals surface area (Å²) in [5.74, 6) is -1.22. The number of hydrogen-bond donors (Lipinski definition) is 1. The SMILES string of the molecule is O=C(O)c1ccc(Cl)c(S(=O)(=O)N(Cc2ccccc2)Cc2ccccc2)c1. The van der Waals surface area contributed by atoms with E-state index in [4.69, 9.17) is 11.6 Å². The first-order valence-corrected chi connectivity index (χ1v) is 10.3. The summed E-state index contributed by atoms with van der Waals surface area (Å²) in [7, 11) is -4.05. The Bertz CT molecular complexity index is 1030. The quantitative estimate of drug-likeness (QED) is 0.619. The van der Waals surface area contributed by atoms with E-state index in [1.807, 2.05) is 60.7 Å². The van der Waals surface area contributed by atoms with Crippen molar-refractivity contribution in [2.45, 2.75) is 18.0 Å². The Morgan fingerprint density at radius 2 is 1.36 bits per heavy atom. The van der Waals surface area contributed by atoms with Gasteiger partial charge in [-0.15, -0.1) is 0 Å². The van der Waals surface area contributed by atoms with E-state index in [0.29, 0.717) is 0 Å². The first-order valence-electron chi connectivity index (χ1n) is 8.49. The molecule has 0 radical (unpaired) electrons. The minimum Gasteiger partial charge on any atom is -0.478 e. The molecule has 144 valence electrons. The van der Waals surface area contributed by atoms with Crippen LogP contribution >= 0.6 is 11.6 Å². The number of halogens is 1. The first-order chi connectivity index (χ1) is 13.4. The number of sulfonamides is 1. The largest absolute Gasteiger partial charge is 0.478 e. The molecule has 0 spiro atoms. The fourth-order valence-electron chi connectivity index (χ4n) is 2.77. The summed E-state index contributed by atoms with van der Waals surface area (Å²) in [4.78, 5) is 11.1. The highest BCUT2D eigenvalue weighted by atomic mass is 35.5. The zero-order valence-corrected chi connectivity index (χ0v) is 16.4. The molecule has 0 aliphatic heterocycles. The van der Waals surface area contributed by atoms with E-state index in [9.17, 15) is 18.3 Å². The van der Waals surface area contributed by atoms with Crippen molar-refractivity contribution in [1.82, 2.24) is 4.31 Å². The third kappa shape index (κ3) is 4.59. The maximum Gasteiger partial charge on any atom is 0.335 e. The summed E-state index contributed by atoms with van der Waals surface area (Å²) in [6, 6.07) is 22.1. The van der Waals surface area contributed by atoms with E-state index in [0.717, 1.165) is 17.2 Å². The van der Waals surface area contributed by atoms with Gasteiger partial charge in [0.25, 0.3) is 0 Å². The monoisotopic (exact) mass is 415 g/mol. The molecule has 7 heteroatoms. The van der Waals surface area contributed by atoms with Crippen molar-refractivity contribution in [3.8, 4) is 0 Å². The molecule has 0 saturated heterocycles. The van der Waals surface area contributed by atoms with Crippen LogP contribution in [-0.2, 0) is 23.1 Å². The molecule has 0 aromatic heterocycles. The maximum absolute atomic E-state index is 13.4. The van der Waals surface area contributed by atoms with Gasteiger partial charge in [-0.25, -0.2) is 13.2 Å². The molecule has 3 aromatic carbocycles. The minimum absolute atomic E-state index is 0.0175. The molecule has 3 aromatic rings. The van der Waals surface area contributed by atoms with E-state index in [-0.39, 0.29) is 28.6 Å². The first kappa shape index (κ1) is 20.1. The van der Waals surface area contributed by atoms with Gasteiger partial charge in [0, 0.05) is 13.1 Å². The lowest BCUT2D eigenvalue weighted by Gasteiger charge is -2.23. The average Bonchev–Trinajstić information content (AvgIpc) is 2.69. The van der Waals surface area contributed by atoms with Crippen LogP contribution in [0.3, 0.4) is 0 Å². The number of hydrogen-bond acceptors (Lipinski definition) is 3. The zero-order chi connectivity index (χ0) is 20.1. The van der Waals surface area contributed by atoms with Gasteiger partial charge in [0.1, 0.15) is 4.90 Å². The van der Waals surface area contributed by atoms with E-state index in [1.165, 1.54) is 16.4 Å². The van der Waals surface area contributed by atoms with Crippen LogP contribution in [0.2, 0.25) is 5.02 Å². The standard InChI is InChI=1S/C21H18ClNO4S/c22-19-12-11-18(21(24)25)13-20(19)28(26,27)23(14-16-7-3-1-4-8-16)15-17-9-5-2-6-10-17/h1-13H,14-15H2,(H,24,25). The molecule has 0 aliphatic rings. The van der Waals surface area contributed by atoms with Crippen LogP contribution < -0.4 is 0 Å². The summed E-state index contributed by atoms with van der Waals surface area (Å²) in [5, 5.41) is 9.21. The molecule has 0 amide bonds. The Kier molecular flexibility index (Phi) is 6.14.